The van der Waals surface area contributed by atoms with E-state index in [0.29, 0.717) is 16.3 Å². The topological polar surface area (TPSA) is 66.4 Å². The van der Waals surface area contributed by atoms with E-state index in [1.54, 1.807) is 43.3 Å². The van der Waals surface area contributed by atoms with Gasteiger partial charge in [-0.25, -0.2) is 4.79 Å². The van der Waals surface area contributed by atoms with E-state index in [-0.39, 0.29) is 11.5 Å². The van der Waals surface area contributed by atoms with Gasteiger partial charge in [0.2, 0.25) is 0 Å². The second kappa shape index (κ2) is 6.91. The Labute approximate surface area is 133 Å². The average molecular weight is 316 g/mol. The Morgan fingerprint density at radius 3 is 2.55 bits per heavy atom. The molecule has 0 fully saturated rings. The van der Waals surface area contributed by atoms with Crippen LogP contribution in [0.15, 0.2) is 54.1 Å². The lowest BCUT2D eigenvalue weighted by Gasteiger charge is -2.06. The Hall–Kier alpha value is -2.59. The molecule has 112 valence electrons. The number of carboxylic acids is 1. The second-order valence-corrected chi connectivity index (χ2v) is 5.16. The lowest BCUT2D eigenvalue weighted by atomic mass is 10.1. The summed E-state index contributed by atoms with van der Waals surface area (Å²) in [6.07, 6.45) is 1.71. The van der Waals surface area contributed by atoms with Crippen molar-refractivity contribution in [3.8, 4) is 0 Å². The number of hydrogen-bond donors (Lipinski definition) is 2. The van der Waals surface area contributed by atoms with Gasteiger partial charge in [-0.15, -0.1) is 0 Å². The quantitative estimate of drug-likeness (QED) is 0.835. The first-order valence-electron chi connectivity index (χ1n) is 6.54. The van der Waals surface area contributed by atoms with Gasteiger partial charge in [0, 0.05) is 16.3 Å². The Morgan fingerprint density at radius 1 is 1.14 bits per heavy atom. The highest BCUT2D eigenvalue weighted by Gasteiger charge is 2.08. The van der Waals surface area contributed by atoms with E-state index >= 15 is 0 Å². The fourth-order valence-corrected chi connectivity index (χ4v) is 2.07. The summed E-state index contributed by atoms with van der Waals surface area (Å²) in [5.74, 6) is -1.34. The van der Waals surface area contributed by atoms with Crippen LogP contribution < -0.4 is 5.32 Å². The molecule has 0 saturated heterocycles. The molecule has 0 aliphatic carbocycles. The number of hydrogen-bond acceptors (Lipinski definition) is 2. The number of aromatic carboxylic acids is 1. The van der Waals surface area contributed by atoms with E-state index in [1.807, 2.05) is 6.07 Å². The molecule has 0 aromatic heterocycles. The van der Waals surface area contributed by atoms with Crippen LogP contribution in [0.3, 0.4) is 0 Å². The van der Waals surface area contributed by atoms with Crippen molar-refractivity contribution in [2.45, 2.75) is 6.92 Å². The van der Waals surface area contributed by atoms with Crippen LogP contribution in [0.1, 0.15) is 22.8 Å². The van der Waals surface area contributed by atoms with Crippen LogP contribution in [0.5, 0.6) is 0 Å². The molecule has 2 N–H and O–H groups in total. The van der Waals surface area contributed by atoms with Crippen molar-refractivity contribution < 1.29 is 14.7 Å². The summed E-state index contributed by atoms with van der Waals surface area (Å²) in [4.78, 5) is 23.0. The molecular weight excluding hydrogens is 302 g/mol. The van der Waals surface area contributed by atoms with Gasteiger partial charge < -0.3 is 10.4 Å². The van der Waals surface area contributed by atoms with Crippen LogP contribution in [0.4, 0.5) is 5.69 Å². The number of amides is 1. The number of rotatable bonds is 4. The fourth-order valence-electron chi connectivity index (χ4n) is 1.87. The van der Waals surface area contributed by atoms with Gasteiger partial charge in [-0.05, 0) is 48.9 Å². The van der Waals surface area contributed by atoms with E-state index in [1.165, 1.54) is 12.1 Å². The Kier molecular flexibility index (Phi) is 4.96. The number of nitrogens with one attached hydrogen (secondary N) is 1. The van der Waals surface area contributed by atoms with Crippen molar-refractivity contribution in [2.24, 2.45) is 0 Å². The Morgan fingerprint density at radius 2 is 1.86 bits per heavy atom. The van der Waals surface area contributed by atoms with E-state index < -0.39 is 5.97 Å². The molecule has 0 atom stereocenters. The third-order valence-corrected chi connectivity index (χ3v) is 3.19. The summed E-state index contributed by atoms with van der Waals surface area (Å²) in [6, 6.07) is 13.2. The molecule has 0 aliphatic heterocycles. The molecule has 0 spiro atoms. The summed E-state index contributed by atoms with van der Waals surface area (Å²) < 4.78 is 0. The zero-order valence-corrected chi connectivity index (χ0v) is 12.6. The van der Waals surface area contributed by atoms with Crippen LogP contribution in [0, 0.1) is 0 Å². The van der Waals surface area contributed by atoms with Crippen molar-refractivity contribution in [2.75, 3.05) is 5.32 Å². The largest absolute Gasteiger partial charge is 0.478 e. The van der Waals surface area contributed by atoms with E-state index in [4.69, 9.17) is 16.7 Å². The van der Waals surface area contributed by atoms with Crippen LogP contribution in [-0.2, 0) is 4.79 Å². The lowest BCUT2D eigenvalue weighted by molar-refractivity contribution is -0.112. The normalized spacial score (nSPS) is 11.1. The maximum atomic E-state index is 12.1. The van der Waals surface area contributed by atoms with E-state index in [0.717, 1.165) is 5.56 Å². The van der Waals surface area contributed by atoms with Gasteiger partial charge in [0.05, 0.1) is 5.56 Å². The molecule has 0 aliphatic rings. The monoisotopic (exact) mass is 315 g/mol. The third kappa shape index (κ3) is 4.20. The molecule has 0 heterocycles. The fraction of sp³-hybridized carbons (Fsp3) is 0.0588. The van der Waals surface area contributed by atoms with Gasteiger partial charge in [-0.1, -0.05) is 29.8 Å². The van der Waals surface area contributed by atoms with Crippen molar-refractivity contribution in [1.29, 1.82) is 0 Å². The second-order valence-electron chi connectivity index (χ2n) is 4.72. The number of halogens is 1. The third-order valence-electron chi connectivity index (χ3n) is 2.96. The van der Waals surface area contributed by atoms with Gasteiger partial charge in [-0.3, -0.25) is 4.79 Å². The van der Waals surface area contributed by atoms with Crippen molar-refractivity contribution in [3.63, 3.8) is 0 Å². The first-order chi connectivity index (χ1) is 10.5. The molecule has 5 heteroatoms. The molecule has 4 nitrogen and oxygen atoms in total. The van der Waals surface area contributed by atoms with Gasteiger partial charge in [-0.2, -0.15) is 0 Å². The molecule has 0 bridgehead atoms. The summed E-state index contributed by atoms with van der Waals surface area (Å²) in [7, 11) is 0. The maximum absolute atomic E-state index is 12.1. The highest BCUT2D eigenvalue weighted by molar-refractivity contribution is 6.30. The summed E-state index contributed by atoms with van der Waals surface area (Å²) in [6.45, 7) is 1.68. The standard InChI is InChI=1S/C17H14ClNO3/c1-11(8-12-4-2-6-14(18)9-12)16(20)19-15-7-3-5-13(10-15)17(21)22/h2-10H,1H3,(H,19,20)(H,21,22)/b11-8+. The molecule has 2 rings (SSSR count). The van der Waals surface area contributed by atoms with Crippen molar-refractivity contribution >= 4 is 35.2 Å². The number of carbonyl (C=O) groups is 2. The molecule has 0 radical (unpaired) electrons. The maximum Gasteiger partial charge on any atom is 0.335 e. The molecular formula is C17H14ClNO3. The first-order valence-corrected chi connectivity index (χ1v) is 6.92. The molecule has 2 aromatic carbocycles. The van der Waals surface area contributed by atoms with Crippen LogP contribution >= 0.6 is 11.6 Å². The number of carbonyl (C=O) groups excluding carboxylic acids is 1. The highest BCUT2D eigenvalue weighted by atomic mass is 35.5. The highest BCUT2D eigenvalue weighted by Crippen LogP contribution is 2.16. The van der Waals surface area contributed by atoms with Gasteiger partial charge in [0.15, 0.2) is 0 Å². The van der Waals surface area contributed by atoms with E-state index in [2.05, 4.69) is 5.32 Å². The van der Waals surface area contributed by atoms with Crippen molar-refractivity contribution in [1.82, 2.24) is 0 Å². The van der Waals surface area contributed by atoms with Crippen molar-refractivity contribution in [3.05, 3.63) is 70.3 Å². The van der Waals surface area contributed by atoms with Gasteiger partial charge in [0.25, 0.3) is 5.91 Å². The molecule has 0 unspecified atom stereocenters. The van der Waals surface area contributed by atoms with Crippen LogP contribution in [-0.4, -0.2) is 17.0 Å². The lowest BCUT2D eigenvalue weighted by Crippen LogP contribution is -2.13. The minimum Gasteiger partial charge on any atom is -0.478 e. The number of anilines is 1. The van der Waals surface area contributed by atoms with Gasteiger partial charge in [0.1, 0.15) is 0 Å². The van der Waals surface area contributed by atoms with Crippen LogP contribution in [0.25, 0.3) is 6.08 Å². The SMILES string of the molecule is C/C(=C\c1cccc(Cl)c1)C(=O)Nc1cccc(C(=O)O)c1. The molecule has 22 heavy (non-hydrogen) atoms. The zero-order chi connectivity index (χ0) is 16.1. The average Bonchev–Trinajstić information content (AvgIpc) is 2.47. The number of carboxylic acid groups (broad SMARTS) is 1. The predicted molar refractivity (Wildman–Crippen MR) is 87.1 cm³/mol. The Balaban J connectivity index is 2.14. The number of benzene rings is 2. The van der Waals surface area contributed by atoms with Gasteiger partial charge >= 0.3 is 5.97 Å². The Bertz CT molecular complexity index is 753. The summed E-state index contributed by atoms with van der Waals surface area (Å²) in [5, 5.41) is 12.2. The molecule has 1 amide bonds. The molecule has 0 saturated carbocycles. The first kappa shape index (κ1) is 15.8. The summed E-state index contributed by atoms with van der Waals surface area (Å²) >= 11 is 5.90. The minimum atomic E-state index is -1.04. The predicted octanol–water partition coefficient (Wildman–Crippen LogP) is 4.08. The smallest absolute Gasteiger partial charge is 0.335 e. The minimum absolute atomic E-state index is 0.120. The molecule has 2 aromatic rings. The summed E-state index contributed by atoms with van der Waals surface area (Å²) in [5.41, 5.74) is 1.86. The van der Waals surface area contributed by atoms with E-state index in [9.17, 15) is 9.59 Å². The zero-order valence-electron chi connectivity index (χ0n) is 11.8. The van der Waals surface area contributed by atoms with Crippen LogP contribution in [0.2, 0.25) is 5.02 Å².